The monoisotopic (exact) mass is 425 g/mol. The average molecular weight is 426 g/mol. The van der Waals surface area contributed by atoms with E-state index in [0.717, 1.165) is 5.56 Å². The number of nitrogens with zero attached hydrogens (tertiary/aromatic N) is 1. The van der Waals surface area contributed by atoms with Crippen molar-refractivity contribution in [2.75, 3.05) is 5.32 Å². The molecule has 0 aromatic heterocycles. The van der Waals surface area contributed by atoms with Gasteiger partial charge in [-0.25, -0.2) is 5.43 Å². The molecule has 0 saturated carbocycles. The van der Waals surface area contributed by atoms with E-state index in [-0.39, 0.29) is 11.8 Å². The first-order chi connectivity index (χ1) is 13.9. The molecule has 0 atom stereocenters. The van der Waals surface area contributed by atoms with Crippen molar-refractivity contribution in [2.45, 2.75) is 6.92 Å². The van der Waals surface area contributed by atoms with E-state index in [1.165, 1.54) is 0 Å². The topological polar surface area (TPSA) is 70.6 Å². The van der Waals surface area contributed by atoms with Gasteiger partial charge in [0.15, 0.2) is 0 Å². The zero-order valence-electron chi connectivity index (χ0n) is 15.4. The molecule has 0 aliphatic heterocycles. The largest absolute Gasteiger partial charge is 0.322 e. The van der Waals surface area contributed by atoms with Crippen molar-refractivity contribution < 1.29 is 9.59 Å². The highest BCUT2D eigenvalue weighted by molar-refractivity contribution is 6.31. The van der Waals surface area contributed by atoms with Gasteiger partial charge in [0.1, 0.15) is 0 Å². The number of anilines is 1. The third-order valence-corrected chi connectivity index (χ3v) is 4.54. The van der Waals surface area contributed by atoms with Crippen LogP contribution in [0.15, 0.2) is 77.9 Å². The fourth-order valence-corrected chi connectivity index (χ4v) is 2.84. The second-order valence-corrected chi connectivity index (χ2v) is 7.06. The van der Waals surface area contributed by atoms with Gasteiger partial charge in [-0.15, -0.1) is 0 Å². The maximum Gasteiger partial charge on any atom is 0.271 e. The third-order valence-electron chi connectivity index (χ3n) is 4.06. The van der Waals surface area contributed by atoms with E-state index in [4.69, 9.17) is 23.2 Å². The Morgan fingerprint density at radius 1 is 0.759 bits per heavy atom. The molecule has 0 bridgehead atoms. The summed E-state index contributed by atoms with van der Waals surface area (Å²) < 4.78 is 0. The van der Waals surface area contributed by atoms with Crippen LogP contribution >= 0.6 is 23.2 Å². The van der Waals surface area contributed by atoms with Gasteiger partial charge in [-0.1, -0.05) is 41.4 Å². The van der Waals surface area contributed by atoms with Gasteiger partial charge < -0.3 is 5.32 Å². The number of halogens is 2. The number of benzene rings is 3. The number of rotatable bonds is 5. The summed E-state index contributed by atoms with van der Waals surface area (Å²) in [6.45, 7) is 1.76. The first-order valence-corrected chi connectivity index (χ1v) is 9.45. The highest BCUT2D eigenvalue weighted by atomic mass is 35.5. The molecule has 29 heavy (non-hydrogen) atoms. The van der Waals surface area contributed by atoms with Gasteiger partial charge in [0.25, 0.3) is 11.8 Å². The van der Waals surface area contributed by atoms with Gasteiger partial charge in [-0.05, 0) is 67.1 Å². The summed E-state index contributed by atoms with van der Waals surface area (Å²) >= 11 is 11.8. The number of nitrogens with one attached hydrogen (secondary N) is 2. The van der Waals surface area contributed by atoms with Crippen molar-refractivity contribution in [3.8, 4) is 0 Å². The summed E-state index contributed by atoms with van der Waals surface area (Å²) in [6, 6.07) is 20.4. The van der Waals surface area contributed by atoms with Crippen LogP contribution in [0.5, 0.6) is 0 Å². The SMILES string of the molecule is C/C(=N\NC(=O)c1cccc(Cl)c1)c1cccc(NC(=O)c2ccc(Cl)cc2)c1. The molecule has 0 spiro atoms. The lowest BCUT2D eigenvalue weighted by Gasteiger charge is -2.08. The van der Waals surface area contributed by atoms with Crippen LogP contribution in [0.4, 0.5) is 5.69 Å². The van der Waals surface area contributed by atoms with E-state index in [1.54, 1.807) is 73.7 Å². The minimum absolute atomic E-state index is 0.248. The highest BCUT2D eigenvalue weighted by Crippen LogP contribution is 2.15. The number of hydrogen-bond acceptors (Lipinski definition) is 3. The molecule has 0 aliphatic rings. The molecule has 146 valence electrons. The van der Waals surface area contributed by atoms with Crippen molar-refractivity contribution in [1.82, 2.24) is 5.43 Å². The van der Waals surface area contributed by atoms with Crippen LogP contribution in [-0.2, 0) is 0 Å². The lowest BCUT2D eigenvalue weighted by atomic mass is 10.1. The van der Waals surface area contributed by atoms with E-state index >= 15 is 0 Å². The Morgan fingerprint density at radius 3 is 2.17 bits per heavy atom. The summed E-state index contributed by atoms with van der Waals surface area (Å²) in [5.41, 5.74) is 5.37. The van der Waals surface area contributed by atoms with Crippen molar-refractivity contribution in [1.29, 1.82) is 0 Å². The van der Waals surface area contributed by atoms with Crippen LogP contribution in [0.1, 0.15) is 33.2 Å². The molecule has 5 nitrogen and oxygen atoms in total. The maximum absolute atomic E-state index is 12.4. The maximum atomic E-state index is 12.4. The Kier molecular flexibility index (Phi) is 6.65. The van der Waals surface area contributed by atoms with Crippen molar-refractivity contribution in [3.63, 3.8) is 0 Å². The minimum atomic E-state index is -0.362. The van der Waals surface area contributed by atoms with Gasteiger partial charge in [0.05, 0.1) is 5.71 Å². The van der Waals surface area contributed by atoms with E-state index in [0.29, 0.717) is 32.6 Å². The minimum Gasteiger partial charge on any atom is -0.322 e. The summed E-state index contributed by atoms with van der Waals surface area (Å²) in [7, 11) is 0. The standard InChI is InChI=1S/C22H17Cl2N3O2/c1-14(26-27-22(29)17-5-2-6-19(24)12-17)16-4-3-7-20(13-16)25-21(28)15-8-10-18(23)11-9-15/h2-13H,1H3,(H,25,28)(H,27,29)/b26-14+. The van der Waals surface area contributed by atoms with Crippen molar-refractivity contribution >= 4 is 46.4 Å². The summed E-state index contributed by atoms with van der Waals surface area (Å²) in [4.78, 5) is 24.5. The summed E-state index contributed by atoms with van der Waals surface area (Å²) in [6.07, 6.45) is 0. The molecule has 0 unspecified atom stereocenters. The molecule has 0 fully saturated rings. The normalized spacial score (nSPS) is 11.1. The van der Waals surface area contributed by atoms with E-state index < -0.39 is 0 Å². The molecule has 0 heterocycles. The fraction of sp³-hybridized carbons (Fsp3) is 0.0455. The molecule has 3 rings (SSSR count). The van der Waals surface area contributed by atoms with Crippen LogP contribution in [0.3, 0.4) is 0 Å². The molecule has 7 heteroatoms. The number of carbonyl (C=O) groups excluding carboxylic acids is 2. The second kappa shape index (κ2) is 9.37. The molecule has 3 aromatic rings. The van der Waals surface area contributed by atoms with E-state index in [2.05, 4.69) is 15.8 Å². The first kappa shape index (κ1) is 20.6. The zero-order chi connectivity index (χ0) is 20.8. The molecular weight excluding hydrogens is 409 g/mol. The third kappa shape index (κ3) is 5.67. The molecule has 0 radical (unpaired) electrons. The Labute approximate surface area is 178 Å². The van der Waals surface area contributed by atoms with Crippen LogP contribution in [0, 0.1) is 0 Å². The lowest BCUT2D eigenvalue weighted by Crippen LogP contribution is -2.19. The number of hydrazone groups is 1. The summed E-state index contributed by atoms with van der Waals surface area (Å²) in [5, 5.41) is 8.01. The molecule has 3 aromatic carbocycles. The van der Waals surface area contributed by atoms with Gasteiger partial charge in [-0.3, -0.25) is 9.59 Å². The number of amides is 2. The molecule has 2 amide bonds. The first-order valence-electron chi connectivity index (χ1n) is 8.70. The predicted molar refractivity (Wildman–Crippen MR) is 117 cm³/mol. The van der Waals surface area contributed by atoms with Crippen LogP contribution < -0.4 is 10.7 Å². The van der Waals surface area contributed by atoms with Gasteiger partial charge >= 0.3 is 0 Å². The predicted octanol–water partition coefficient (Wildman–Crippen LogP) is 5.40. The molecule has 0 saturated heterocycles. The highest BCUT2D eigenvalue weighted by Gasteiger charge is 2.08. The average Bonchev–Trinajstić information content (AvgIpc) is 2.72. The Bertz CT molecular complexity index is 1080. The molecule has 0 aliphatic carbocycles. The quantitative estimate of drug-likeness (QED) is 0.424. The Morgan fingerprint density at radius 2 is 1.45 bits per heavy atom. The lowest BCUT2D eigenvalue weighted by molar-refractivity contribution is 0.0954. The van der Waals surface area contributed by atoms with Crippen molar-refractivity contribution in [2.24, 2.45) is 5.10 Å². The van der Waals surface area contributed by atoms with Crippen LogP contribution in [-0.4, -0.2) is 17.5 Å². The summed E-state index contributed by atoms with van der Waals surface area (Å²) in [5.74, 6) is -0.610. The number of carbonyl (C=O) groups is 2. The van der Waals surface area contributed by atoms with Crippen LogP contribution in [0.2, 0.25) is 10.0 Å². The fourth-order valence-electron chi connectivity index (χ4n) is 2.52. The molecular formula is C22H17Cl2N3O2. The second-order valence-electron chi connectivity index (χ2n) is 6.19. The van der Waals surface area contributed by atoms with E-state index in [9.17, 15) is 9.59 Å². The zero-order valence-corrected chi connectivity index (χ0v) is 17.0. The number of hydrogen-bond donors (Lipinski definition) is 2. The smallest absolute Gasteiger partial charge is 0.271 e. The Hall–Kier alpha value is -3.15. The molecule has 2 N–H and O–H groups in total. The van der Waals surface area contributed by atoms with Crippen molar-refractivity contribution in [3.05, 3.63) is 99.5 Å². The van der Waals surface area contributed by atoms with E-state index in [1.807, 2.05) is 6.07 Å². The van der Waals surface area contributed by atoms with Gasteiger partial charge in [-0.2, -0.15) is 5.10 Å². The van der Waals surface area contributed by atoms with Crippen LogP contribution in [0.25, 0.3) is 0 Å². The van der Waals surface area contributed by atoms with Gasteiger partial charge in [0, 0.05) is 26.9 Å². The Balaban J connectivity index is 1.69. The van der Waals surface area contributed by atoms with Gasteiger partial charge in [0.2, 0.25) is 0 Å².